The van der Waals surface area contributed by atoms with Gasteiger partial charge in [0, 0.05) is 31.9 Å². The molecule has 1 saturated heterocycles. The summed E-state index contributed by atoms with van der Waals surface area (Å²) in [5, 5.41) is 37.3. The Balaban J connectivity index is 1.70. The van der Waals surface area contributed by atoms with Crippen molar-refractivity contribution >= 4 is 35.8 Å². The first-order valence-electron chi connectivity index (χ1n) is 14.1. The molecule has 0 aliphatic carbocycles. The van der Waals surface area contributed by atoms with Crippen molar-refractivity contribution in [2.75, 3.05) is 24.7 Å². The van der Waals surface area contributed by atoms with Gasteiger partial charge in [-0.25, -0.2) is 10.7 Å². The van der Waals surface area contributed by atoms with Crippen LogP contribution in [0.5, 0.6) is 0 Å². The Hall–Kier alpha value is -3.37. The number of carboxylic acid groups (broad SMARTS) is 1. The average Bonchev–Trinajstić information content (AvgIpc) is 3.02. The highest BCUT2D eigenvalue weighted by molar-refractivity contribution is 7.99. The number of aliphatic carboxylic acids is 1. The summed E-state index contributed by atoms with van der Waals surface area (Å²) >= 11 is 1.50. The number of nitrogens with two attached hydrogens (primary N) is 1. The molecule has 1 aliphatic rings. The number of thioether (sulfide) groups is 1. The van der Waals surface area contributed by atoms with Crippen molar-refractivity contribution in [3.8, 4) is 11.1 Å². The lowest BCUT2D eigenvalue weighted by Crippen LogP contribution is -2.68. The SMILES string of the molecule is CC(=O)N[C@H]1C(C(O)[C@@H](CNC(=O)c2ccc(-c3ccccc3)cc2)ON)O[C@@](OCCCSCCC=O)(C(=O)O)C[C@@H]1O. The predicted octanol–water partition coefficient (Wildman–Crippen LogP) is 0.868. The molecule has 2 unspecified atom stereocenters. The van der Waals surface area contributed by atoms with E-state index in [0.717, 1.165) is 17.4 Å². The van der Waals surface area contributed by atoms with Crippen molar-refractivity contribution in [1.29, 1.82) is 0 Å². The molecule has 1 fully saturated rings. The third-order valence-electron chi connectivity index (χ3n) is 7.03. The number of ether oxygens (including phenoxy) is 2. The van der Waals surface area contributed by atoms with Crippen molar-refractivity contribution in [2.24, 2.45) is 5.90 Å². The fourth-order valence-electron chi connectivity index (χ4n) is 4.78. The van der Waals surface area contributed by atoms with E-state index in [2.05, 4.69) is 10.6 Å². The number of benzene rings is 2. The molecule has 0 radical (unpaired) electrons. The van der Waals surface area contributed by atoms with Crippen molar-refractivity contribution in [2.45, 2.75) is 62.4 Å². The Morgan fingerprint density at radius 2 is 1.82 bits per heavy atom. The highest BCUT2D eigenvalue weighted by Crippen LogP contribution is 2.34. The van der Waals surface area contributed by atoms with Gasteiger partial charge in [0.1, 0.15) is 24.6 Å². The summed E-state index contributed by atoms with van der Waals surface area (Å²) in [4.78, 5) is 52.5. The minimum absolute atomic E-state index is 0.0589. The molecule has 6 atom stereocenters. The van der Waals surface area contributed by atoms with Gasteiger partial charge in [-0.05, 0) is 41.2 Å². The summed E-state index contributed by atoms with van der Waals surface area (Å²) in [5.41, 5.74) is 2.23. The molecule has 13 nitrogen and oxygen atoms in total. The van der Waals surface area contributed by atoms with Gasteiger partial charge < -0.3 is 40.2 Å². The molecule has 240 valence electrons. The molecule has 1 aliphatic heterocycles. The second-order valence-corrected chi connectivity index (χ2v) is 11.5. The average molecular weight is 634 g/mol. The molecule has 0 aromatic heterocycles. The van der Waals surface area contributed by atoms with E-state index in [0.29, 0.717) is 29.9 Å². The summed E-state index contributed by atoms with van der Waals surface area (Å²) in [6.45, 7) is 0.809. The van der Waals surface area contributed by atoms with Crippen LogP contribution in [-0.2, 0) is 28.7 Å². The van der Waals surface area contributed by atoms with Gasteiger partial charge >= 0.3 is 5.97 Å². The van der Waals surface area contributed by atoms with E-state index in [1.807, 2.05) is 30.3 Å². The normalized spacial score (nSPS) is 22.9. The molecule has 2 aromatic rings. The number of carboxylic acids is 1. The van der Waals surface area contributed by atoms with E-state index >= 15 is 0 Å². The van der Waals surface area contributed by atoms with Crippen LogP contribution in [0.1, 0.15) is 36.5 Å². The first kappa shape index (κ1) is 35.1. The molecular weight excluding hydrogens is 594 g/mol. The Kier molecular flexibility index (Phi) is 13.7. The Morgan fingerprint density at radius 3 is 2.43 bits per heavy atom. The van der Waals surface area contributed by atoms with E-state index in [4.69, 9.17) is 20.2 Å². The molecule has 2 amide bonds. The van der Waals surface area contributed by atoms with E-state index in [9.17, 15) is 34.5 Å². The van der Waals surface area contributed by atoms with E-state index in [1.54, 1.807) is 24.3 Å². The Morgan fingerprint density at radius 1 is 1.14 bits per heavy atom. The van der Waals surface area contributed by atoms with Crippen LogP contribution in [-0.4, -0.2) is 100 Å². The minimum atomic E-state index is -2.35. The van der Waals surface area contributed by atoms with E-state index in [-0.39, 0.29) is 13.2 Å². The lowest BCUT2D eigenvalue weighted by Gasteiger charge is -2.46. The number of aliphatic hydroxyl groups is 2. The molecule has 3 rings (SSSR count). The standard InChI is InChI=1S/C30H39N3O10S/c1-19(35)33-25-23(36)17-30(29(39)40,41-14-6-16-44-15-5-13-34)42-27(25)26(37)24(43-31)18-32-28(38)22-11-9-21(10-12-22)20-7-3-2-4-8-20/h2-4,7-13,23-27,36-37H,5-6,14-18,31H2,1H3,(H,32,38)(H,33,35)(H,39,40)/t23-,24+,25+,26?,27?,30+/m0/s1. The molecule has 2 aromatic carbocycles. The number of amides is 2. The highest BCUT2D eigenvalue weighted by Gasteiger charge is 2.56. The number of rotatable bonds is 17. The lowest BCUT2D eigenvalue weighted by molar-refractivity contribution is -0.311. The zero-order valence-electron chi connectivity index (χ0n) is 24.3. The zero-order chi connectivity index (χ0) is 32.1. The quantitative estimate of drug-likeness (QED) is 0.0815. The molecule has 14 heteroatoms. The van der Waals surface area contributed by atoms with Crippen molar-refractivity contribution < 1.29 is 48.8 Å². The van der Waals surface area contributed by atoms with Gasteiger partial charge in [0.15, 0.2) is 0 Å². The Labute approximate surface area is 259 Å². The van der Waals surface area contributed by atoms with Crippen molar-refractivity contribution in [3.63, 3.8) is 0 Å². The minimum Gasteiger partial charge on any atom is -0.477 e. The van der Waals surface area contributed by atoms with Gasteiger partial charge in [-0.3, -0.25) is 14.4 Å². The first-order valence-corrected chi connectivity index (χ1v) is 15.3. The van der Waals surface area contributed by atoms with E-state index in [1.165, 1.54) is 18.7 Å². The van der Waals surface area contributed by atoms with Crippen LogP contribution in [0.2, 0.25) is 0 Å². The molecular formula is C30H39N3O10S. The molecule has 0 bridgehead atoms. The third-order valence-corrected chi connectivity index (χ3v) is 8.13. The fourth-order valence-corrected chi connectivity index (χ4v) is 5.57. The van der Waals surface area contributed by atoms with Crippen molar-refractivity contribution in [1.82, 2.24) is 10.6 Å². The first-order chi connectivity index (χ1) is 21.1. The number of hydrogen-bond acceptors (Lipinski definition) is 11. The lowest BCUT2D eigenvalue weighted by atomic mass is 9.88. The molecule has 7 N–H and O–H groups in total. The molecule has 0 spiro atoms. The van der Waals surface area contributed by atoms with Crippen LogP contribution >= 0.6 is 11.8 Å². The van der Waals surface area contributed by atoms with Gasteiger partial charge in [0.2, 0.25) is 5.91 Å². The molecule has 44 heavy (non-hydrogen) atoms. The topological polar surface area (TPSA) is 207 Å². The summed E-state index contributed by atoms with van der Waals surface area (Å²) in [5.74, 6) is 1.71. The van der Waals surface area contributed by atoms with Crippen LogP contribution in [0.25, 0.3) is 11.1 Å². The summed E-state index contributed by atoms with van der Waals surface area (Å²) in [6, 6.07) is 15.2. The van der Waals surface area contributed by atoms with Gasteiger partial charge in [0.25, 0.3) is 11.7 Å². The Bertz CT molecular complexity index is 1240. The zero-order valence-corrected chi connectivity index (χ0v) is 25.1. The maximum Gasteiger partial charge on any atom is 0.364 e. The van der Waals surface area contributed by atoms with Crippen molar-refractivity contribution in [3.05, 3.63) is 60.2 Å². The van der Waals surface area contributed by atoms with Crippen LogP contribution in [0.4, 0.5) is 0 Å². The maximum absolute atomic E-state index is 12.9. The number of carbonyl (C=O) groups excluding carboxylic acids is 3. The monoisotopic (exact) mass is 633 g/mol. The third kappa shape index (κ3) is 9.56. The molecule has 0 saturated carbocycles. The van der Waals surface area contributed by atoms with Crippen LogP contribution in [0, 0.1) is 0 Å². The number of aldehydes is 1. The second-order valence-electron chi connectivity index (χ2n) is 10.2. The number of nitrogens with one attached hydrogen (secondary N) is 2. The fraction of sp³-hybridized carbons (Fsp3) is 0.467. The smallest absolute Gasteiger partial charge is 0.364 e. The highest BCUT2D eigenvalue weighted by atomic mass is 32.2. The van der Waals surface area contributed by atoms with E-state index < -0.39 is 60.4 Å². The second kappa shape index (κ2) is 17.2. The summed E-state index contributed by atoms with van der Waals surface area (Å²) in [7, 11) is 0. The van der Waals surface area contributed by atoms with Gasteiger partial charge in [-0.1, -0.05) is 42.5 Å². The maximum atomic E-state index is 12.9. The van der Waals surface area contributed by atoms with Crippen LogP contribution in [0.15, 0.2) is 54.6 Å². The number of hydrogen-bond donors (Lipinski definition) is 6. The van der Waals surface area contributed by atoms with Gasteiger partial charge in [-0.15, -0.1) is 0 Å². The summed E-state index contributed by atoms with van der Waals surface area (Å²) in [6.07, 6.45) is -5.03. The number of carbonyl (C=O) groups is 4. The van der Waals surface area contributed by atoms with Crippen LogP contribution < -0.4 is 16.5 Å². The summed E-state index contributed by atoms with van der Waals surface area (Å²) < 4.78 is 11.4. The predicted molar refractivity (Wildman–Crippen MR) is 161 cm³/mol. The largest absolute Gasteiger partial charge is 0.477 e. The van der Waals surface area contributed by atoms with Crippen LogP contribution in [0.3, 0.4) is 0 Å². The number of aliphatic hydroxyl groups excluding tert-OH is 2. The molecule has 1 heterocycles. The van der Waals surface area contributed by atoms with Gasteiger partial charge in [0.05, 0.1) is 18.8 Å². The van der Waals surface area contributed by atoms with Gasteiger partial charge in [-0.2, -0.15) is 11.8 Å².